The molecular formula is C25H25ClN4O3. The molecule has 0 aliphatic heterocycles. The van der Waals surface area contributed by atoms with Gasteiger partial charge in [-0.1, -0.05) is 23.7 Å². The van der Waals surface area contributed by atoms with Crippen LogP contribution < -0.4 is 15.4 Å². The number of benzene rings is 2. The molecule has 3 aromatic rings. The van der Waals surface area contributed by atoms with Crippen molar-refractivity contribution in [2.24, 2.45) is 0 Å². The Morgan fingerprint density at radius 2 is 1.91 bits per heavy atom. The number of hydrogen-bond acceptors (Lipinski definition) is 4. The summed E-state index contributed by atoms with van der Waals surface area (Å²) in [4.78, 5) is 29.2. The maximum Gasteiger partial charge on any atom is 0.258 e. The van der Waals surface area contributed by atoms with Crippen molar-refractivity contribution in [3.05, 3.63) is 82.9 Å². The number of ether oxygens (including phenoxy) is 1. The molecule has 3 aliphatic rings. The molecule has 0 atom stereocenters. The maximum atomic E-state index is 12.8. The minimum Gasteiger partial charge on any atom is -0.484 e. The summed E-state index contributed by atoms with van der Waals surface area (Å²) in [6.45, 7) is 2.51. The predicted octanol–water partition coefficient (Wildman–Crippen LogP) is 3.49. The zero-order valence-electron chi connectivity index (χ0n) is 18.3. The van der Waals surface area contributed by atoms with Crippen LogP contribution in [0, 0.1) is 6.92 Å². The van der Waals surface area contributed by atoms with Crippen molar-refractivity contribution in [3.8, 4) is 5.75 Å². The molecule has 8 heteroatoms. The number of halogens is 1. The Morgan fingerprint density at radius 1 is 1.12 bits per heavy atom. The van der Waals surface area contributed by atoms with Gasteiger partial charge in [-0.2, -0.15) is 0 Å². The van der Waals surface area contributed by atoms with Gasteiger partial charge in [-0.25, -0.2) is 4.98 Å². The highest BCUT2D eigenvalue weighted by molar-refractivity contribution is 6.31. The maximum absolute atomic E-state index is 12.8. The molecule has 2 aromatic carbocycles. The van der Waals surface area contributed by atoms with Gasteiger partial charge in [-0.05, 0) is 67.6 Å². The number of rotatable bonds is 8. The second-order valence-electron chi connectivity index (χ2n) is 9.23. The van der Waals surface area contributed by atoms with Gasteiger partial charge in [0.05, 0.1) is 6.33 Å². The molecule has 3 fully saturated rings. The third kappa shape index (κ3) is 4.46. The Hall–Kier alpha value is -3.32. The summed E-state index contributed by atoms with van der Waals surface area (Å²) < 4.78 is 7.55. The van der Waals surface area contributed by atoms with Crippen LogP contribution in [0.3, 0.4) is 0 Å². The topological polar surface area (TPSA) is 85.3 Å². The van der Waals surface area contributed by atoms with Gasteiger partial charge in [0.1, 0.15) is 5.75 Å². The summed E-state index contributed by atoms with van der Waals surface area (Å²) in [6, 6.07) is 12.9. The average Bonchev–Trinajstić information content (AvgIpc) is 3.25. The number of nitrogens with one attached hydrogen (secondary N) is 2. The van der Waals surface area contributed by atoms with E-state index < -0.39 is 0 Å². The largest absolute Gasteiger partial charge is 0.484 e. The van der Waals surface area contributed by atoms with Gasteiger partial charge in [-0.15, -0.1) is 0 Å². The lowest BCUT2D eigenvalue weighted by Crippen LogP contribution is -2.84. The van der Waals surface area contributed by atoms with E-state index >= 15 is 0 Å². The Balaban J connectivity index is 1.10. The minimum atomic E-state index is -0.229. The van der Waals surface area contributed by atoms with E-state index in [2.05, 4.69) is 15.6 Å². The highest BCUT2D eigenvalue weighted by Gasteiger charge is 2.69. The smallest absolute Gasteiger partial charge is 0.258 e. The van der Waals surface area contributed by atoms with Gasteiger partial charge in [0.25, 0.3) is 11.8 Å². The SMILES string of the molecule is Cc1cc(OCC(=O)NC23CC(NC(=O)c4cccc(Cn5ccnc5)c4)(C2)C3)ccc1Cl. The molecule has 0 spiro atoms. The van der Waals surface area contributed by atoms with E-state index in [1.165, 1.54) is 0 Å². The van der Waals surface area contributed by atoms with Crippen molar-refractivity contribution in [1.29, 1.82) is 0 Å². The first-order chi connectivity index (χ1) is 15.8. The van der Waals surface area contributed by atoms with E-state index in [4.69, 9.17) is 16.3 Å². The number of hydrogen-bond donors (Lipinski definition) is 2. The molecule has 0 saturated heterocycles. The Kier molecular flexibility index (Phi) is 5.37. The van der Waals surface area contributed by atoms with E-state index in [9.17, 15) is 9.59 Å². The van der Waals surface area contributed by atoms with Gasteiger partial charge in [0, 0.05) is 40.6 Å². The molecule has 6 rings (SSSR count). The van der Waals surface area contributed by atoms with E-state index in [0.29, 0.717) is 22.9 Å². The summed E-state index contributed by atoms with van der Waals surface area (Å²) in [6.07, 6.45) is 7.61. The van der Waals surface area contributed by atoms with Crippen LogP contribution >= 0.6 is 11.6 Å². The molecule has 0 radical (unpaired) electrons. The molecule has 3 aliphatic carbocycles. The Bertz CT molecular complexity index is 1190. The fourth-order valence-electron chi connectivity index (χ4n) is 4.96. The summed E-state index contributed by atoms with van der Waals surface area (Å²) in [5.41, 5.74) is 2.13. The van der Waals surface area contributed by atoms with Crippen molar-refractivity contribution < 1.29 is 14.3 Å². The lowest BCUT2D eigenvalue weighted by atomic mass is 9.44. The van der Waals surface area contributed by atoms with Crippen LogP contribution in [-0.4, -0.2) is 39.1 Å². The van der Waals surface area contributed by atoms with Crippen LogP contribution in [0.4, 0.5) is 0 Å². The van der Waals surface area contributed by atoms with Crippen molar-refractivity contribution in [3.63, 3.8) is 0 Å². The van der Waals surface area contributed by atoms with Crippen LogP contribution in [0.15, 0.2) is 61.2 Å². The van der Waals surface area contributed by atoms with Crippen LogP contribution in [-0.2, 0) is 11.3 Å². The van der Waals surface area contributed by atoms with Crippen molar-refractivity contribution in [2.45, 2.75) is 43.8 Å². The third-order valence-corrected chi connectivity index (χ3v) is 6.85. The number of aryl methyl sites for hydroxylation is 1. The molecule has 2 bridgehead atoms. The summed E-state index contributed by atoms with van der Waals surface area (Å²) in [5.74, 6) is 0.377. The molecule has 7 nitrogen and oxygen atoms in total. The zero-order valence-corrected chi connectivity index (χ0v) is 19.1. The number of imidazole rings is 1. The average molecular weight is 465 g/mol. The molecule has 2 N–H and O–H groups in total. The highest BCUT2D eigenvalue weighted by atomic mass is 35.5. The number of carbonyl (C=O) groups is 2. The quantitative estimate of drug-likeness (QED) is 0.534. The van der Waals surface area contributed by atoms with Crippen LogP contribution in [0.25, 0.3) is 0 Å². The molecule has 2 amide bonds. The van der Waals surface area contributed by atoms with Gasteiger partial charge >= 0.3 is 0 Å². The molecule has 3 saturated carbocycles. The normalized spacial score (nSPS) is 22.6. The molecule has 0 unspecified atom stereocenters. The molecule has 33 heavy (non-hydrogen) atoms. The van der Waals surface area contributed by atoms with Gasteiger partial charge < -0.3 is 19.9 Å². The summed E-state index contributed by atoms with van der Waals surface area (Å²) >= 11 is 6.02. The fourth-order valence-corrected chi connectivity index (χ4v) is 5.07. The van der Waals surface area contributed by atoms with E-state index in [1.54, 1.807) is 24.7 Å². The highest BCUT2D eigenvalue weighted by Crippen LogP contribution is 2.60. The first kappa shape index (κ1) is 21.5. The fraction of sp³-hybridized carbons (Fsp3) is 0.320. The van der Waals surface area contributed by atoms with E-state index in [1.807, 2.05) is 48.0 Å². The first-order valence-electron chi connectivity index (χ1n) is 10.9. The van der Waals surface area contributed by atoms with Gasteiger partial charge in [-0.3, -0.25) is 9.59 Å². The number of aromatic nitrogens is 2. The van der Waals surface area contributed by atoms with Crippen molar-refractivity contribution in [2.75, 3.05) is 6.61 Å². The summed E-state index contributed by atoms with van der Waals surface area (Å²) in [7, 11) is 0. The summed E-state index contributed by atoms with van der Waals surface area (Å²) in [5, 5.41) is 6.92. The van der Waals surface area contributed by atoms with Gasteiger partial charge in [0.15, 0.2) is 6.61 Å². The minimum absolute atomic E-state index is 0.0497. The van der Waals surface area contributed by atoms with Crippen molar-refractivity contribution >= 4 is 23.4 Å². The van der Waals surface area contributed by atoms with Crippen LogP contribution in [0.2, 0.25) is 5.02 Å². The Labute approximate surface area is 197 Å². The Morgan fingerprint density at radius 3 is 2.64 bits per heavy atom. The molecule has 170 valence electrons. The van der Waals surface area contributed by atoms with Crippen LogP contribution in [0.1, 0.15) is 40.7 Å². The second kappa shape index (κ2) is 8.23. The third-order valence-electron chi connectivity index (χ3n) is 6.43. The number of carbonyl (C=O) groups excluding carboxylic acids is 2. The van der Waals surface area contributed by atoms with E-state index in [0.717, 1.165) is 30.4 Å². The molecule has 1 heterocycles. The predicted molar refractivity (Wildman–Crippen MR) is 124 cm³/mol. The molecular weight excluding hydrogens is 440 g/mol. The first-order valence-corrected chi connectivity index (χ1v) is 11.3. The van der Waals surface area contributed by atoms with Crippen LogP contribution in [0.5, 0.6) is 5.75 Å². The lowest BCUT2D eigenvalue weighted by molar-refractivity contribution is -0.141. The standard InChI is InChI=1S/C25H25ClN4O3/c1-17-9-20(5-6-21(17)26)33-12-22(31)28-24-13-25(14-24,15-24)29-23(32)19-4-2-3-18(10-19)11-30-8-7-27-16-30/h2-10,16H,11-15H2,1H3,(H,28,31)(H,29,32). The zero-order chi connectivity index (χ0) is 23.1. The second-order valence-corrected chi connectivity index (χ2v) is 9.64. The lowest BCUT2D eigenvalue weighted by Gasteiger charge is -2.70. The number of amides is 2. The molecule has 1 aromatic heterocycles. The van der Waals surface area contributed by atoms with Crippen molar-refractivity contribution in [1.82, 2.24) is 20.2 Å². The van der Waals surface area contributed by atoms with E-state index in [-0.39, 0.29) is 29.5 Å². The van der Waals surface area contributed by atoms with Gasteiger partial charge in [0.2, 0.25) is 0 Å². The number of nitrogens with zero attached hydrogens (tertiary/aromatic N) is 2. The monoisotopic (exact) mass is 464 g/mol.